The van der Waals surface area contributed by atoms with Crippen molar-refractivity contribution < 1.29 is 19.4 Å². The van der Waals surface area contributed by atoms with Gasteiger partial charge in [0.25, 0.3) is 5.91 Å². The van der Waals surface area contributed by atoms with E-state index in [4.69, 9.17) is 4.74 Å². The number of aromatic nitrogens is 1. The van der Waals surface area contributed by atoms with E-state index in [1.807, 2.05) is 12.1 Å². The third-order valence-corrected chi connectivity index (χ3v) is 4.03. The maximum Gasteiger partial charge on any atom is 0.326 e. The number of likely N-dealkylation sites (N-methyl/N-ethyl adjacent to an activating group) is 1. The predicted molar refractivity (Wildman–Crippen MR) is 91.8 cm³/mol. The monoisotopic (exact) mass is 353 g/mol. The highest BCUT2D eigenvalue weighted by Gasteiger charge is 2.29. The second-order valence-corrected chi connectivity index (χ2v) is 5.78. The van der Waals surface area contributed by atoms with Crippen molar-refractivity contribution in [1.82, 2.24) is 15.2 Å². The van der Waals surface area contributed by atoms with Crippen LogP contribution >= 0.6 is 12.4 Å². The minimum Gasteiger partial charge on any atom is -0.484 e. The van der Waals surface area contributed by atoms with Crippen molar-refractivity contribution in [2.75, 3.05) is 27.2 Å². The first kappa shape index (κ1) is 18.1. The summed E-state index contributed by atoms with van der Waals surface area (Å²) >= 11 is 0. The number of nitrogens with one attached hydrogen (secondary N) is 2. The minimum atomic E-state index is -0.898. The fourth-order valence-electron chi connectivity index (χ4n) is 2.78. The lowest BCUT2D eigenvalue weighted by Gasteiger charge is -2.20. The minimum absolute atomic E-state index is 0. The molecule has 3 rings (SSSR count). The van der Waals surface area contributed by atoms with Gasteiger partial charge in [-0.3, -0.25) is 14.9 Å². The van der Waals surface area contributed by atoms with Gasteiger partial charge in [0.15, 0.2) is 6.61 Å². The van der Waals surface area contributed by atoms with E-state index in [-0.39, 0.29) is 24.9 Å². The number of ether oxygens (including phenoxy) is 1. The number of benzene rings is 1. The lowest BCUT2D eigenvalue weighted by atomic mass is 9.99. The van der Waals surface area contributed by atoms with Crippen LogP contribution in [0, 0.1) is 0 Å². The van der Waals surface area contributed by atoms with Gasteiger partial charge in [0.05, 0.1) is 0 Å². The standard InChI is InChI=1S/C16H19N3O4.ClH/c1-19(2)13(20)8-23-9-3-4-12-11(7-9)10-5-6-17-15(16(21)22)14(10)18-12;/h3-4,7,15,17-18H,5-6,8H2,1-2H3,(H,21,22);1H. The van der Waals surface area contributed by atoms with Gasteiger partial charge in [0, 0.05) is 37.2 Å². The van der Waals surface area contributed by atoms with Gasteiger partial charge in [-0.25, -0.2) is 0 Å². The number of rotatable bonds is 4. The Hall–Kier alpha value is -2.25. The number of hydrogen-bond acceptors (Lipinski definition) is 4. The third kappa shape index (κ3) is 3.32. The van der Waals surface area contributed by atoms with E-state index in [2.05, 4.69) is 10.3 Å². The Morgan fingerprint density at radius 2 is 2.12 bits per heavy atom. The van der Waals surface area contributed by atoms with Crippen molar-refractivity contribution in [3.63, 3.8) is 0 Å². The summed E-state index contributed by atoms with van der Waals surface area (Å²) in [7, 11) is 3.35. The summed E-state index contributed by atoms with van der Waals surface area (Å²) in [6.45, 7) is 0.589. The van der Waals surface area contributed by atoms with Crippen LogP contribution < -0.4 is 10.1 Å². The maximum absolute atomic E-state index is 11.6. The number of carboxylic acids is 1. The molecule has 0 aliphatic carbocycles. The van der Waals surface area contributed by atoms with E-state index in [0.717, 1.165) is 22.9 Å². The highest BCUT2D eigenvalue weighted by Crippen LogP contribution is 2.32. The Morgan fingerprint density at radius 1 is 1.38 bits per heavy atom. The molecule has 0 spiro atoms. The molecule has 130 valence electrons. The second-order valence-electron chi connectivity index (χ2n) is 5.78. The van der Waals surface area contributed by atoms with Crippen LogP contribution in [0.25, 0.3) is 10.9 Å². The van der Waals surface area contributed by atoms with Gasteiger partial charge in [0.1, 0.15) is 11.8 Å². The summed E-state index contributed by atoms with van der Waals surface area (Å²) in [5.74, 6) is -0.415. The SMILES string of the molecule is CN(C)C(=O)COc1ccc2[nH]c3c(c2c1)CCNC3C(=O)O.Cl. The van der Waals surface area contributed by atoms with Crippen LogP contribution in [0.1, 0.15) is 17.3 Å². The Labute approximate surface area is 145 Å². The summed E-state index contributed by atoms with van der Waals surface area (Å²) in [6, 6.07) is 4.77. The highest BCUT2D eigenvalue weighted by atomic mass is 35.5. The van der Waals surface area contributed by atoms with Crippen LogP contribution in [0.3, 0.4) is 0 Å². The van der Waals surface area contributed by atoms with Crippen molar-refractivity contribution >= 4 is 35.2 Å². The van der Waals surface area contributed by atoms with Crippen LogP contribution in [0.15, 0.2) is 18.2 Å². The van der Waals surface area contributed by atoms with Crippen molar-refractivity contribution in [3.8, 4) is 5.75 Å². The number of hydrogen-bond donors (Lipinski definition) is 3. The van der Waals surface area contributed by atoms with Gasteiger partial charge < -0.3 is 19.7 Å². The first-order valence-corrected chi connectivity index (χ1v) is 7.41. The van der Waals surface area contributed by atoms with Crippen LogP contribution in [0.2, 0.25) is 0 Å². The van der Waals surface area contributed by atoms with Crippen molar-refractivity contribution in [1.29, 1.82) is 0 Å². The van der Waals surface area contributed by atoms with Gasteiger partial charge in [-0.05, 0) is 30.2 Å². The Bertz CT molecular complexity index is 772. The zero-order valence-electron chi connectivity index (χ0n) is 13.5. The molecule has 1 amide bonds. The molecule has 1 atom stereocenters. The first-order valence-electron chi connectivity index (χ1n) is 7.41. The molecule has 24 heavy (non-hydrogen) atoms. The van der Waals surface area contributed by atoms with E-state index in [0.29, 0.717) is 18.0 Å². The summed E-state index contributed by atoms with van der Waals surface area (Å²) in [5, 5.41) is 13.3. The van der Waals surface area contributed by atoms with Gasteiger partial charge >= 0.3 is 5.97 Å². The summed E-state index contributed by atoms with van der Waals surface area (Å²) in [5.41, 5.74) is 2.56. The molecule has 2 aromatic rings. The number of carbonyl (C=O) groups excluding carboxylic acids is 1. The molecule has 8 heteroatoms. The fourth-order valence-corrected chi connectivity index (χ4v) is 2.78. The van der Waals surface area contributed by atoms with Crippen LogP contribution in [0.4, 0.5) is 0 Å². The number of amides is 1. The highest BCUT2D eigenvalue weighted by molar-refractivity contribution is 5.89. The molecule has 0 bridgehead atoms. The normalized spacial score (nSPS) is 16.2. The fraction of sp³-hybridized carbons (Fsp3) is 0.375. The number of halogens is 1. The van der Waals surface area contributed by atoms with Gasteiger partial charge in [-0.2, -0.15) is 0 Å². The second kappa shape index (κ2) is 7.11. The average molecular weight is 354 g/mol. The van der Waals surface area contributed by atoms with E-state index < -0.39 is 12.0 Å². The maximum atomic E-state index is 11.6. The number of nitrogens with zero attached hydrogens (tertiary/aromatic N) is 1. The first-order chi connectivity index (χ1) is 11.0. The smallest absolute Gasteiger partial charge is 0.326 e. The van der Waals surface area contributed by atoms with E-state index in [9.17, 15) is 14.7 Å². The molecular formula is C16H20ClN3O4. The molecule has 3 N–H and O–H groups in total. The van der Waals surface area contributed by atoms with Gasteiger partial charge in [0.2, 0.25) is 0 Å². The molecule has 0 saturated heterocycles. The van der Waals surface area contributed by atoms with E-state index >= 15 is 0 Å². The average Bonchev–Trinajstić information content (AvgIpc) is 2.90. The van der Waals surface area contributed by atoms with Crippen LogP contribution in [-0.4, -0.2) is 54.1 Å². The van der Waals surface area contributed by atoms with Crippen LogP contribution in [-0.2, 0) is 16.0 Å². The van der Waals surface area contributed by atoms with E-state index in [1.54, 1.807) is 20.2 Å². The Kier molecular flexibility index (Phi) is 5.36. The molecule has 1 aromatic heterocycles. The molecule has 2 heterocycles. The summed E-state index contributed by atoms with van der Waals surface area (Å²) in [6.07, 6.45) is 0.749. The molecule has 1 aliphatic heterocycles. The topological polar surface area (TPSA) is 94.7 Å². The van der Waals surface area contributed by atoms with Gasteiger partial charge in [-0.1, -0.05) is 0 Å². The summed E-state index contributed by atoms with van der Waals surface area (Å²) in [4.78, 5) is 27.6. The summed E-state index contributed by atoms with van der Waals surface area (Å²) < 4.78 is 5.53. The molecule has 0 fully saturated rings. The number of carbonyl (C=O) groups is 2. The largest absolute Gasteiger partial charge is 0.484 e. The molecule has 0 radical (unpaired) electrons. The Morgan fingerprint density at radius 3 is 2.79 bits per heavy atom. The predicted octanol–water partition coefficient (Wildman–Crippen LogP) is 1.33. The number of H-pyrrole nitrogens is 1. The van der Waals surface area contributed by atoms with Crippen molar-refractivity contribution in [2.24, 2.45) is 0 Å². The molecule has 1 aromatic carbocycles. The molecule has 7 nitrogen and oxygen atoms in total. The Balaban J connectivity index is 0.00000208. The molecular weight excluding hydrogens is 334 g/mol. The lowest BCUT2D eigenvalue weighted by Crippen LogP contribution is -2.34. The molecule has 1 unspecified atom stereocenters. The lowest BCUT2D eigenvalue weighted by molar-refractivity contribution is -0.140. The zero-order chi connectivity index (χ0) is 16.6. The number of aromatic amines is 1. The number of fused-ring (bicyclic) bond motifs is 3. The molecule has 0 saturated carbocycles. The quantitative estimate of drug-likeness (QED) is 0.770. The number of carboxylic acid groups (broad SMARTS) is 1. The van der Waals surface area contributed by atoms with Crippen molar-refractivity contribution in [3.05, 3.63) is 29.5 Å². The third-order valence-electron chi connectivity index (χ3n) is 4.03. The van der Waals surface area contributed by atoms with Crippen molar-refractivity contribution in [2.45, 2.75) is 12.5 Å². The molecule has 1 aliphatic rings. The van der Waals surface area contributed by atoms with E-state index in [1.165, 1.54) is 4.90 Å². The number of aliphatic carboxylic acids is 1. The van der Waals surface area contributed by atoms with Gasteiger partial charge in [-0.15, -0.1) is 12.4 Å². The van der Waals surface area contributed by atoms with Crippen LogP contribution in [0.5, 0.6) is 5.75 Å². The zero-order valence-corrected chi connectivity index (χ0v) is 14.3.